The summed E-state index contributed by atoms with van der Waals surface area (Å²) in [7, 11) is -4.24. The van der Waals surface area contributed by atoms with Crippen LogP contribution in [0.25, 0.3) is 0 Å². The van der Waals surface area contributed by atoms with E-state index < -0.39 is 88.6 Å². The highest BCUT2D eigenvalue weighted by atomic mass is 32.2. The second-order valence-corrected chi connectivity index (χ2v) is 19.8. The van der Waals surface area contributed by atoms with E-state index in [2.05, 4.69) is 40.4 Å². The largest absolute Gasteiger partial charge is 0.446 e. The third-order valence-corrected chi connectivity index (χ3v) is 12.9. The number of unbranched alkanes of at least 4 members (excludes halogenated alkanes) is 22. The normalized spacial score (nSPS) is 12.6. The number of primary amides is 1. The molecule has 0 fully saturated rings. The van der Waals surface area contributed by atoms with Crippen molar-refractivity contribution in [2.75, 3.05) is 77.3 Å². The van der Waals surface area contributed by atoms with Crippen LogP contribution in [0, 0.1) is 0 Å². The maximum Gasteiger partial charge on any atom is 0.407 e. The monoisotopic (exact) mass is 1010 g/mol. The number of nitrogens with one attached hydrogen (secondary N) is 5. The van der Waals surface area contributed by atoms with Crippen LogP contribution in [0.5, 0.6) is 0 Å². The van der Waals surface area contributed by atoms with Crippen molar-refractivity contribution in [2.24, 2.45) is 11.5 Å². The van der Waals surface area contributed by atoms with Gasteiger partial charge in [0.1, 0.15) is 12.6 Å². The van der Waals surface area contributed by atoms with E-state index in [1.165, 1.54) is 103 Å². The van der Waals surface area contributed by atoms with Gasteiger partial charge < -0.3 is 62.1 Å². The first kappa shape index (κ1) is 65.2. The summed E-state index contributed by atoms with van der Waals surface area (Å²) in [5.41, 5.74) is 10.9. The molecule has 0 unspecified atom stereocenters. The van der Waals surface area contributed by atoms with Gasteiger partial charge in [-0.05, 0) is 12.8 Å². The second-order valence-electron chi connectivity index (χ2n) is 17.7. The molecule has 69 heavy (non-hydrogen) atoms. The summed E-state index contributed by atoms with van der Waals surface area (Å²) in [6.07, 6.45) is 24.9. The van der Waals surface area contributed by atoms with E-state index in [4.69, 9.17) is 30.4 Å². The third-order valence-electron chi connectivity index (χ3n) is 11.1. The molecule has 0 radical (unpaired) electrons. The van der Waals surface area contributed by atoms with Gasteiger partial charge in [0.25, 0.3) is 0 Å². The SMILES string of the molecule is CCCCCCCCCCCCCCNC(=O)OC[C@H](CS(=O)(=O)C[C@H](N)C(=O)N[C@@H](CO)C(=O)NCCOCCOCCC(=O)NCC(N)=O)OC(=O)NCCCCCCCCCCCCCC. The number of carbonyl (C=O) groups is 6. The summed E-state index contributed by atoms with van der Waals surface area (Å²) in [5.74, 6) is -4.58. The zero-order valence-electron chi connectivity index (χ0n) is 42.3. The Bertz CT molecular complexity index is 1460. The van der Waals surface area contributed by atoms with Crippen LogP contribution < -0.4 is 38.1 Å². The lowest BCUT2D eigenvalue weighted by Crippen LogP contribution is -2.55. The summed E-state index contributed by atoms with van der Waals surface area (Å²) in [5, 5.41) is 22.1. The fourth-order valence-electron chi connectivity index (χ4n) is 7.15. The molecule has 6 amide bonds. The number of aliphatic hydroxyl groups excluding tert-OH is 1. The van der Waals surface area contributed by atoms with Gasteiger partial charge in [-0.3, -0.25) is 19.2 Å². The third kappa shape index (κ3) is 42.8. The van der Waals surface area contributed by atoms with Crippen LogP contribution in [0.2, 0.25) is 0 Å². The molecule has 0 aliphatic heterocycles. The van der Waals surface area contributed by atoms with Gasteiger partial charge in [-0.2, -0.15) is 0 Å². The first-order chi connectivity index (χ1) is 33.2. The van der Waals surface area contributed by atoms with Crippen molar-refractivity contribution in [3.8, 4) is 0 Å². The van der Waals surface area contributed by atoms with Crippen LogP contribution in [0.1, 0.15) is 174 Å². The van der Waals surface area contributed by atoms with E-state index in [0.717, 1.165) is 44.9 Å². The smallest absolute Gasteiger partial charge is 0.407 e. The van der Waals surface area contributed by atoms with Gasteiger partial charge in [0.15, 0.2) is 15.9 Å². The van der Waals surface area contributed by atoms with E-state index in [9.17, 15) is 42.3 Å². The molecule has 0 aromatic carbocycles. The van der Waals surface area contributed by atoms with Gasteiger partial charge in [-0.1, -0.05) is 155 Å². The molecule has 21 heteroatoms. The topological polar surface area (TPSA) is 306 Å². The van der Waals surface area contributed by atoms with Gasteiger partial charge in [0, 0.05) is 26.1 Å². The Morgan fingerprint density at radius 3 is 1.49 bits per heavy atom. The minimum atomic E-state index is -4.24. The van der Waals surface area contributed by atoms with Gasteiger partial charge in [-0.15, -0.1) is 0 Å². The number of rotatable bonds is 48. The molecule has 0 aromatic rings. The minimum absolute atomic E-state index is 0.00498. The summed E-state index contributed by atoms with van der Waals surface area (Å²) in [6, 6.07) is -3.13. The molecule has 0 aliphatic rings. The summed E-state index contributed by atoms with van der Waals surface area (Å²) >= 11 is 0. The number of amides is 6. The predicted molar refractivity (Wildman–Crippen MR) is 267 cm³/mol. The highest BCUT2D eigenvalue weighted by Crippen LogP contribution is 2.13. The molecule has 0 aromatic heterocycles. The van der Waals surface area contributed by atoms with E-state index in [1.54, 1.807) is 0 Å². The number of nitrogens with two attached hydrogens (primary N) is 2. The van der Waals surface area contributed by atoms with Gasteiger partial charge in [0.2, 0.25) is 23.6 Å². The van der Waals surface area contributed by atoms with Crippen LogP contribution in [-0.4, -0.2) is 145 Å². The van der Waals surface area contributed by atoms with Crippen molar-refractivity contribution in [2.45, 2.75) is 193 Å². The molecule has 0 heterocycles. The zero-order chi connectivity index (χ0) is 51.2. The highest BCUT2D eigenvalue weighted by Gasteiger charge is 2.30. The molecular formula is C48H93N7O13S. The number of hydrogen-bond acceptors (Lipinski definition) is 14. The van der Waals surface area contributed by atoms with Gasteiger partial charge in [-0.25, -0.2) is 18.0 Å². The minimum Gasteiger partial charge on any atom is -0.446 e. The van der Waals surface area contributed by atoms with Crippen LogP contribution in [0.4, 0.5) is 9.59 Å². The number of alkyl carbamates (subject to hydrolysis) is 2. The van der Waals surface area contributed by atoms with Crippen LogP contribution in [0.3, 0.4) is 0 Å². The maximum absolute atomic E-state index is 13.3. The lowest BCUT2D eigenvalue weighted by molar-refractivity contribution is -0.130. The Morgan fingerprint density at radius 1 is 0.551 bits per heavy atom. The Morgan fingerprint density at radius 2 is 1.01 bits per heavy atom. The fraction of sp³-hybridized carbons (Fsp3) is 0.875. The van der Waals surface area contributed by atoms with Crippen molar-refractivity contribution < 1.29 is 61.2 Å². The van der Waals surface area contributed by atoms with E-state index in [0.29, 0.717) is 19.5 Å². The summed E-state index contributed by atoms with van der Waals surface area (Å²) in [4.78, 5) is 73.1. The van der Waals surface area contributed by atoms with E-state index in [-0.39, 0.29) is 45.9 Å². The molecule has 3 atom stereocenters. The first-order valence-electron chi connectivity index (χ1n) is 25.9. The van der Waals surface area contributed by atoms with E-state index >= 15 is 0 Å². The molecule has 0 saturated carbocycles. The highest BCUT2D eigenvalue weighted by molar-refractivity contribution is 7.91. The van der Waals surface area contributed by atoms with Crippen LogP contribution >= 0.6 is 0 Å². The van der Waals surface area contributed by atoms with Crippen LogP contribution in [0.15, 0.2) is 0 Å². The molecule has 404 valence electrons. The lowest BCUT2D eigenvalue weighted by Gasteiger charge is -2.21. The second kappa shape index (κ2) is 45.4. The molecule has 20 nitrogen and oxygen atoms in total. The first-order valence-corrected chi connectivity index (χ1v) is 27.8. The summed E-state index contributed by atoms with van der Waals surface area (Å²) < 4.78 is 47.9. The number of aliphatic hydroxyl groups is 1. The summed E-state index contributed by atoms with van der Waals surface area (Å²) in [6.45, 7) is 3.87. The fourth-order valence-corrected chi connectivity index (χ4v) is 8.71. The average molecular weight is 1010 g/mol. The van der Waals surface area contributed by atoms with Gasteiger partial charge >= 0.3 is 12.2 Å². The van der Waals surface area contributed by atoms with Crippen molar-refractivity contribution in [1.82, 2.24) is 26.6 Å². The number of sulfone groups is 1. The molecule has 0 bridgehead atoms. The molecule has 0 rings (SSSR count). The molecule has 0 aliphatic carbocycles. The molecular weight excluding hydrogens is 915 g/mol. The van der Waals surface area contributed by atoms with Crippen molar-refractivity contribution in [1.29, 1.82) is 0 Å². The van der Waals surface area contributed by atoms with Crippen LogP contribution in [-0.2, 0) is 48.0 Å². The van der Waals surface area contributed by atoms with Crippen molar-refractivity contribution in [3.63, 3.8) is 0 Å². The Labute approximate surface area is 413 Å². The Balaban J connectivity index is 4.92. The average Bonchev–Trinajstić information content (AvgIpc) is 3.31. The number of carbonyl (C=O) groups excluding carboxylic acids is 6. The molecule has 0 spiro atoms. The Hall–Kier alpha value is -3.79. The molecule has 10 N–H and O–H groups in total. The van der Waals surface area contributed by atoms with Crippen molar-refractivity contribution >= 4 is 45.7 Å². The Kier molecular flexibility index (Phi) is 42.9. The van der Waals surface area contributed by atoms with Crippen molar-refractivity contribution in [3.05, 3.63) is 0 Å². The predicted octanol–water partition coefficient (Wildman–Crippen LogP) is 4.57. The number of ether oxygens (including phenoxy) is 4. The molecule has 0 saturated heterocycles. The quantitative estimate of drug-likeness (QED) is 0.0388. The van der Waals surface area contributed by atoms with Gasteiger partial charge in [0.05, 0.1) is 57.1 Å². The lowest BCUT2D eigenvalue weighted by atomic mass is 10.1. The number of hydrogen-bond donors (Lipinski definition) is 8. The van der Waals surface area contributed by atoms with E-state index in [1.807, 2.05) is 0 Å². The zero-order valence-corrected chi connectivity index (χ0v) is 43.1. The standard InChI is InChI=1S/C48H93N7O13S/c1-3-5-7-9-11-13-15-17-19-21-23-25-28-52-47(61)67-37-40(68-48(62)53-29-26-24-22-20-18-16-14-12-10-8-6-4-2)38-69(63,64)39-41(49)45(59)55-42(36-56)46(60)51-30-32-66-34-33-65-31-27-44(58)54-35-43(50)57/h40-42,56H,3-39,49H2,1-2H3,(H2,50,57)(H,51,60)(H,52,61)(H,53,62)(H,54,58)(H,55,59)/t40-,41+,42+/m1/s1. The maximum atomic E-state index is 13.3.